The maximum atomic E-state index is 9.46. The third kappa shape index (κ3) is 5.14. The van der Waals surface area contributed by atoms with Gasteiger partial charge in [0.25, 0.3) is 0 Å². The van der Waals surface area contributed by atoms with Crippen molar-refractivity contribution >= 4 is 0 Å². The van der Waals surface area contributed by atoms with E-state index in [0.717, 1.165) is 0 Å². The summed E-state index contributed by atoms with van der Waals surface area (Å²) in [6.45, 7) is 18.7. The van der Waals surface area contributed by atoms with Crippen LogP contribution < -0.4 is 0 Å². The molecular weight excluding hydrogens is 272 g/mol. The van der Waals surface area contributed by atoms with Crippen molar-refractivity contribution < 1.29 is 0 Å². The predicted molar refractivity (Wildman–Crippen MR) is 89.9 cm³/mol. The third-order valence-corrected chi connectivity index (χ3v) is 3.54. The summed E-state index contributed by atoms with van der Waals surface area (Å²) in [7, 11) is 0. The second-order valence-corrected chi connectivity index (χ2v) is 5.51. The van der Waals surface area contributed by atoms with E-state index in [0.29, 0.717) is 12.8 Å². The minimum absolute atomic E-state index is 0.0731. The topological polar surface area (TPSA) is 72.3 Å². The summed E-state index contributed by atoms with van der Waals surface area (Å²) >= 11 is 0. The Morgan fingerprint density at radius 2 is 1.18 bits per heavy atom. The van der Waals surface area contributed by atoms with Crippen LogP contribution in [0.25, 0.3) is 0 Å². The van der Waals surface area contributed by atoms with E-state index in [1.807, 2.05) is 13.8 Å². The van der Waals surface area contributed by atoms with Crippen molar-refractivity contribution in [2.24, 2.45) is 22.1 Å². The first kappa shape index (κ1) is 19.5. The summed E-state index contributed by atoms with van der Waals surface area (Å²) < 4.78 is 0. The molecule has 0 fully saturated rings. The highest BCUT2D eigenvalue weighted by molar-refractivity contribution is 5.22. The van der Waals surface area contributed by atoms with Gasteiger partial charge in [0.1, 0.15) is 0 Å². The molecule has 0 aromatic rings. The number of azo groups is 1. The van der Waals surface area contributed by atoms with E-state index in [1.54, 1.807) is 12.2 Å². The van der Waals surface area contributed by atoms with Gasteiger partial charge in [0.15, 0.2) is 11.1 Å². The second-order valence-electron chi connectivity index (χ2n) is 5.51. The van der Waals surface area contributed by atoms with Crippen molar-refractivity contribution in [3.63, 3.8) is 0 Å². The van der Waals surface area contributed by atoms with Gasteiger partial charge in [-0.2, -0.15) is 20.8 Å². The monoisotopic (exact) mass is 296 g/mol. The van der Waals surface area contributed by atoms with Crippen LogP contribution in [-0.4, -0.2) is 11.1 Å². The SMILES string of the molecule is C=CC(C)CC(C#N)(C=C)/N=N/C(C#N)(C=C)CC(C)C=C. The van der Waals surface area contributed by atoms with Crippen LogP contribution in [-0.2, 0) is 0 Å². The van der Waals surface area contributed by atoms with Crippen molar-refractivity contribution in [3.05, 3.63) is 50.6 Å². The Labute approximate surface area is 133 Å². The van der Waals surface area contributed by atoms with Crippen molar-refractivity contribution in [1.29, 1.82) is 10.5 Å². The summed E-state index contributed by atoms with van der Waals surface area (Å²) in [5, 5.41) is 27.2. The average molecular weight is 296 g/mol. The van der Waals surface area contributed by atoms with Crippen molar-refractivity contribution in [3.8, 4) is 12.1 Å². The molecule has 0 spiro atoms. The molecule has 0 saturated heterocycles. The third-order valence-electron chi connectivity index (χ3n) is 3.54. The molecule has 0 aliphatic rings. The van der Waals surface area contributed by atoms with E-state index in [4.69, 9.17) is 0 Å². The average Bonchev–Trinajstić information content (AvgIpc) is 2.56. The number of nitriles is 2. The minimum Gasteiger partial charge on any atom is -0.195 e. The highest BCUT2D eigenvalue weighted by atomic mass is 15.2. The lowest BCUT2D eigenvalue weighted by Gasteiger charge is -2.23. The Kier molecular flexibility index (Phi) is 7.77. The lowest BCUT2D eigenvalue weighted by molar-refractivity contribution is 0.448. The van der Waals surface area contributed by atoms with E-state index in [-0.39, 0.29) is 11.8 Å². The van der Waals surface area contributed by atoms with Gasteiger partial charge in [0.05, 0.1) is 12.1 Å². The number of hydrogen-bond acceptors (Lipinski definition) is 4. The van der Waals surface area contributed by atoms with E-state index in [2.05, 4.69) is 48.7 Å². The predicted octanol–water partition coefficient (Wildman–Crippen LogP) is 4.76. The van der Waals surface area contributed by atoms with Gasteiger partial charge in [-0.3, -0.25) is 0 Å². The van der Waals surface area contributed by atoms with Gasteiger partial charge in [0, 0.05) is 0 Å². The zero-order chi connectivity index (χ0) is 17.2. The Balaban J connectivity index is 5.60. The molecule has 0 saturated carbocycles. The smallest absolute Gasteiger partial charge is 0.185 e. The van der Waals surface area contributed by atoms with Crippen molar-refractivity contribution in [2.45, 2.75) is 37.8 Å². The summed E-state index contributed by atoms with van der Waals surface area (Å²) in [5.41, 5.74) is -2.34. The standard InChI is InChI=1S/C18H24N4/c1-7-15(5)11-17(9-3,13-19)21-22-18(10-4,14-20)12-16(6)8-2/h7-10,15-16H,1-4,11-12H2,5-6H3/b22-21+. The van der Waals surface area contributed by atoms with Gasteiger partial charge >= 0.3 is 0 Å². The first-order chi connectivity index (χ1) is 10.4. The van der Waals surface area contributed by atoms with Gasteiger partial charge in [-0.15, -0.1) is 13.2 Å². The summed E-state index contributed by atoms with van der Waals surface area (Å²) in [6.07, 6.45) is 7.23. The van der Waals surface area contributed by atoms with Gasteiger partial charge in [-0.1, -0.05) is 39.2 Å². The molecule has 0 rings (SSSR count). The fourth-order valence-corrected chi connectivity index (χ4v) is 1.88. The number of rotatable bonds is 10. The van der Waals surface area contributed by atoms with Gasteiger partial charge < -0.3 is 0 Å². The normalized spacial score (nSPS) is 18.7. The van der Waals surface area contributed by atoms with Crippen molar-refractivity contribution in [1.82, 2.24) is 0 Å². The molecule has 4 unspecified atom stereocenters. The van der Waals surface area contributed by atoms with Crippen LogP contribution in [0.2, 0.25) is 0 Å². The highest BCUT2D eigenvalue weighted by Crippen LogP contribution is 2.28. The van der Waals surface area contributed by atoms with Crippen LogP contribution in [0.3, 0.4) is 0 Å². The number of allylic oxidation sites excluding steroid dienone is 2. The van der Waals surface area contributed by atoms with Crippen LogP contribution in [0.15, 0.2) is 60.8 Å². The molecule has 4 heteroatoms. The molecule has 0 aromatic heterocycles. The summed E-state index contributed by atoms with van der Waals surface area (Å²) in [5.74, 6) is 0.146. The quantitative estimate of drug-likeness (QED) is 0.430. The zero-order valence-electron chi connectivity index (χ0n) is 13.5. The van der Waals surface area contributed by atoms with Gasteiger partial charge in [0.2, 0.25) is 0 Å². The van der Waals surface area contributed by atoms with Crippen LogP contribution in [0.1, 0.15) is 26.7 Å². The maximum Gasteiger partial charge on any atom is 0.185 e. The molecule has 0 aromatic carbocycles. The van der Waals surface area contributed by atoms with E-state index in [1.165, 1.54) is 12.2 Å². The van der Waals surface area contributed by atoms with Crippen LogP contribution in [0, 0.1) is 34.5 Å². The van der Waals surface area contributed by atoms with Crippen LogP contribution >= 0.6 is 0 Å². The van der Waals surface area contributed by atoms with Crippen molar-refractivity contribution in [2.75, 3.05) is 0 Å². The molecule has 0 aliphatic carbocycles. The summed E-state index contributed by atoms with van der Waals surface area (Å²) in [6, 6.07) is 4.26. The lowest BCUT2D eigenvalue weighted by atomic mass is 9.89. The number of hydrogen-bond donors (Lipinski definition) is 0. The fourth-order valence-electron chi connectivity index (χ4n) is 1.88. The Bertz CT molecular complexity index is 486. The Hall–Kier alpha value is -2.46. The Morgan fingerprint density at radius 1 is 0.864 bits per heavy atom. The molecule has 0 heterocycles. The van der Waals surface area contributed by atoms with Gasteiger partial charge in [-0.05, 0) is 36.8 Å². The largest absolute Gasteiger partial charge is 0.195 e. The molecule has 0 radical (unpaired) electrons. The molecule has 4 atom stereocenters. The first-order valence-corrected chi connectivity index (χ1v) is 7.15. The lowest BCUT2D eigenvalue weighted by Crippen LogP contribution is -2.28. The molecule has 4 nitrogen and oxygen atoms in total. The van der Waals surface area contributed by atoms with Gasteiger partial charge in [-0.25, -0.2) is 0 Å². The Morgan fingerprint density at radius 3 is 1.36 bits per heavy atom. The highest BCUT2D eigenvalue weighted by Gasteiger charge is 2.32. The minimum atomic E-state index is -1.17. The molecule has 0 bridgehead atoms. The number of nitrogens with zero attached hydrogens (tertiary/aromatic N) is 4. The zero-order valence-corrected chi connectivity index (χ0v) is 13.5. The summed E-state index contributed by atoms with van der Waals surface area (Å²) in [4.78, 5) is 0. The molecule has 116 valence electrons. The molecule has 0 amide bonds. The first-order valence-electron chi connectivity index (χ1n) is 7.15. The molecule has 0 N–H and O–H groups in total. The van der Waals surface area contributed by atoms with E-state index >= 15 is 0 Å². The molecule has 22 heavy (non-hydrogen) atoms. The van der Waals surface area contributed by atoms with E-state index in [9.17, 15) is 10.5 Å². The van der Waals surface area contributed by atoms with E-state index < -0.39 is 11.1 Å². The second kappa shape index (κ2) is 8.74. The maximum absolute atomic E-state index is 9.46. The molecule has 0 aliphatic heterocycles. The van der Waals surface area contributed by atoms with Crippen LogP contribution in [0.4, 0.5) is 0 Å². The fraction of sp³-hybridized carbons (Fsp3) is 0.444. The molecular formula is C18H24N4. The van der Waals surface area contributed by atoms with Crippen LogP contribution in [0.5, 0.6) is 0 Å².